The van der Waals surface area contributed by atoms with Crippen LogP contribution < -0.4 is 0 Å². The van der Waals surface area contributed by atoms with E-state index in [0.29, 0.717) is 0 Å². The summed E-state index contributed by atoms with van der Waals surface area (Å²) >= 11 is 2.78. The van der Waals surface area contributed by atoms with E-state index in [1.807, 2.05) is 0 Å². The number of carbonyl (C=O) groups excluding carboxylic acids is 4. The van der Waals surface area contributed by atoms with Crippen molar-refractivity contribution in [1.29, 1.82) is 0 Å². The van der Waals surface area contributed by atoms with Crippen LogP contribution in [-0.2, 0) is 33.4 Å². The summed E-state index contributed by atoms with van der Waals surface area (Å²) < 4.78 is 13.1. The van der Waals surface area contributed by atoms with Crippen molar-refractivity contribution in [3.05, 3.63) is 12.2 Å². The maximum atomic E-state index is 11.0. The Bertz CT molecular complexity index is 361. The lowest BCUT2D eigenvalue weighted by atomic mass is 10.5. The molecule has 0 N–H and O–H groups in total. The maximum absolute atomic E-state index is 11.0. The average molecular weight is 323 g/mol. The number of ether oxygens (including phenoxy) is 3. The van der Waals surface area contributed by atoms with Gasteiger partial charge in [-0.05, 0) is 6.92 Å². The molecule has 0 aliphatic carbocycles. The monoisotopic (exact) mass is 322 g/mol. The molecule has 0 aromatic rings. The van der Waals surface area contributed by atoms with E-state index in [9.17, 15) is 19.2 Å². The first-order chi connectivity index (χ1) is 8.49. The second kappa shape index (κ2) is 9.34. The zero-order chi connectivity index (χ0) is 14.0. The van der Waals surface area contributed by atoms with E-state index in [2.05, 4.69) is 30.1 Å². The third-order valence-corrected chi connectivity index (χ3v) is 1.77. The van der Waals surface area contributed by atoms with Gasteiger partial charge in [-0.2, -0.15) is 0 Å². The van der Waals surface area contributed by atoms with Gasteiger partial charge in [0, 0.05) is 12.2 Å². The van der Waals surface area contributed by atoms with Crippen LogP contribution in [0.3, 0.4) is 0 Å². The van der Waals surface area contributed by atoms with E-state index in [-0.39, 0.29) is 11.9 Å². The zero-order valence-electron chi connectivity index (χ0n) is 9.51. The fourth-order valence-electron chi connectivity index (χ4n) is 0.688. The summed E-state index contributed by atoms with van der Waals surface area (Å²) in [6.45, 7) is 1.07. The fourth-order valence-corrected chi connectivity index (χ4v) is 0.803. The van der Waals surface area contributed by atoms with Crippen LogP contribution in [0.4, 0.5) is 0 Å². The Kier molecular flexibility index (Phi) is 8.46. The van der Waals surface area contributed by atoms with Gasteiger partial charge in [-0.15, -0.1) is 0 Å². The maximum Gasteiger partial charge on any atom is 0.351 e. The molecule has 0 atom stereocenters. The van der Waals surface area contributed by atoms with Gasteiger partial charge in [0.25, 0.3) is 0 Å². The molecular weight excluding hydrogens is 312 g/mol. The van der Waals surface area contributed by atoms with Crippen molar-refractivity contribution in [2.45, 2.75) is 6.92 Å². The van der Waals surface area contributed by atoms with Gasteiger partial charge in [0.1, 0.15) is 5.33 Å². The Morgan fingerprint density at radius 3 is 2.06 bits per heavy atom. The highest BCUT2D eigenvalue weighted by molar-refractivity contribution is 9.09. The summed E-state index contributed by atoms with van der Waals surface area (Å²) in [5.74, 6) is -3.42. The van der Waals surface area contributed by atoms with Crippen molar-refractivity contribution >= 4 is 39.8 Å². The largest absolute Gasteiger partial charge is 0.463 e. The molecule has 0 aliphatic heterocycles. The third-order valence-electron chi connectivity index (χ3n) is 1.31. The standard InChI is InChI=1S/C10H11BrO7/c1-2-16-7(12)3-4-8(13)17-6-10(15)18-9(14)5-11/h3-4H,2,5-6H2,1H3/b4-3-. The third kappa shape index (κ3) is 8.45. The second-order valence-corrected chi connectivity index (χ2v) is 3.23. The number of hydrogen-bond donors (Lipinski definition) is 0. The summed E-state index contributed by atoms with van der Waals surface area (Å²) in [6.07, 6.45) is 1.67. The lowest BCUT2D eigenvalue weighted by Gasteiger charge is -2.01. The summed E-state index contributed by atoms with van der Waals surface area (Å²) in [5, 5.41) is -0.143. The molecule has 0 unspecified atom stereocenters. The van der Waals surface area contributed by atoms with E-state index in [0.717, 1.165) is 12.2 Å². The predicted molar refractivity (Wildman–Crippen MR) is 61.6 cm³/mol. The highest BCUT2D eigenvalue weighted by atomic mass is 79.9. The summed E-state index contributed by atoms with van der Waals surface area (Å²) in [6, 6.07) is 0. The molecular formula is C10H11BrO7. The molecule has 7 nitrogen and oxygen atoms in total. The van der Waals surface area contributed by atoms with Gasteiger partial charge in [0.15, 0.2) is 6.61 Å². The van der Waals surface area contributed by atoms with Crippen LogP contribution >= 0.6 is 15.9 Å². The predicted octanol–water partition coefficient (Wildman–Crippen LogP) is 0.114. The molecule has 8 heteroatoms. The number of hydrogen-bond acceptors (Lipinski definition) is 7. The van der Waals surface area contributed by atoms with Crippen LogP contribution in [0.25, 0.3) is 0 Å². The van der Waals surface area contributed by atoms with Crippen molar-refractivity contribution in [1.82, 2.24) is 0 Å². The molecule has 0 radical (unpaired) electrons. The number of alkyl halides is 1. The average Bonchev–Trinajstić information content (AvgIpc) is 2.34. The summed E-state index contributed by atoms with van der Waals surface area (Å²) in [4.78, 5) is 43.4. The lowest BCUT2D eigenvalue weighted by molar-refractivity contribution is -0.164. The Balaban J connectivity index is 3.93. The number of halogens is 1. The molecule has 0 aromatic carbocycles. The topological polar surface area (TPSA) is 96.0 Å². The summed E-state index contributed by atoms with van der Waals surface area (Å²) in [5.41, 5.74) is 0. The van der Waals surface area contributed by atoms with Crippen LogP contribution in [-0.4, -0.2) is 42.4 Å². The molecule has 0 saturated heterocycles. The molecule has 0 spiro atoms. The first-order valence-electron chi connectivity index (χ1n) is 4.80. The van der Waals surface area contributed by atoms with E-state index in [1.54, 1.807) is 6.92 Å². The minimum atomic E-state index is -1.00. The number of carbonyl (C=O) groups is 4. The molecule has 0 bridgehead atoms. The normalized spacial score (nSPS) is 9.89. The first kappa shape index (κ1) is 16.3. The smallest absolute Gasteiger partial charge is 0.351 e. The van der Waals surface area contributed by atoms with Crippen LogP contribution in [0.5, 0.6) is 0 Å². The minimum absolute atomic E-state index is 0.143. The minimum Gasteiger partial charge on any atom is -0.463 e. The van der Waals surface area contributed by atoms with Gasteiger partial charge in [-0.3, -0.25) is 4.79 Å². The van der Waals surface area contributed by atoms with Crippen LogP contribution in [0.2, 0.25) is 0 Å². The molecule has 0 aliphatic rings. The Morgan fingerprint density at radius 2 is 1.56 bits per heavy atom. The SMILES string of the molecule is CCOC(=O)/C=C\C(=O)OCC(=O)OC(=O)CBr. The Labute approximate surface area is 111 Å². The Morgan fingerprint density at radius 1 is 1.00 bits per heavy atom. The van der Waals surface area contributed by atoms with E-state index in [1.165, 1.54) is 0 Å². The van der Waals surface area contributed by atoms with Gasteiger partial charge >= 0.3 is 23.9 Å². The van der Waals surface area contributed by atoms with Crippen molar-refractivity contribution in [3.8, 4) is 0 Å². The number of rotatable bonds is 6. The van der Waals surface area contributed by atoms with Gasteiger partial charge in [-0.1, -0.05) is 15.9 Å². The van der Waals surface area contributed by atoms with Gasteiger partial charge in [0.05, 0.1) is 6.61 Å². The van der Waals surface area contributed by atoms with E-state index < -0.39 is 30.5 Å². The molecule has 18 heavy (non-hydrogen) atoms. The van der Waals surface area contributed by atoms with Crippen LogP contribution in [0.1, 0.15) is 6.92 Å². The fraction of sp³-hybridized carbons (Fsp3) is 0.400. The quantitative estimate of drug-likeness (QED) is 0.225. The van der Waals surface area contributed by atoms with Crippen molar-refractivity contribution < 1.29 is 33.4 Å². The van der Waals surface area contributed by atoms with E-state index in [4.69, 9.17) is 0 Å². The highest BCUT2D eigenvalue weighted by Crippen LogP contribution is 1.90. The van der Waals surface area contributed by atoms with Crippen LogP contribution in [0, 0.1) is 0 Å². The first-order valence-corrected chi connectivity index (χ1v) is 5.92. The molecule has 0 heterocycles. The molecule has 0 rings (SSSR count). The molecule has 0 amide bonds. The summed E-state index contributed by atoms with van der Waals surface area (Å²) in [7, 11) is 0. The Hall–Kier alpha value is -1.70. The van der Waals surface area contributed by atoms with Gasteiger partial charge in [-0.25, -0.2) is 14.4 Å². The number of esters is 4. The second-order valence-electron chi connectivity index (χ2n) is 2.67. The van der Waals surface area contributed by atoms with Gasteiger partial charge in [0.2, 0.25) is 0 Å². The zero-order valence-corrected chi connectivity index (χ0v) is 11.1. The molecule has 0 aromatic heterocycles. The van der Waals surface area contributed by atoms with Crippen molar-refractivity contribution in [2.75, 3.05) is 18.5 Å². The molecule has 0 saturated carbocycles. The molecule has 100 valence electrons. The van der Waals surface area contributed by atoms with Crippen molar-refractivity contribution in [3.63, 3.8) is 0 Å². The van der Waals surface area contributed by atoms with E-state index >= 15 is 0 Å². The van der Waals surface area contributed by atoms with Crippen LogP contribution in [0.15, 0.2) is 12.2 Å². The molecule has 0 fully saturated rings. The van der Waals surface area contributed by atoms with Gasteiger partial charge < -0.3 is 14.2 Å². The lowest BCUT2D eigenvalue weighted by Crippen LogP contribution is -2.19. The van der Waals surface area contributed by atoms with Crippen molar-refractivity contribution in [2.24, 2.45) is 0 Å². The highest BCUT2D eigenvalue weighted by Gasteiger charge is 2.11.